The molecule has 2 rings (SSSR count). The van der Waals surface area contributed by atoms with E-state index in [4.69, 9.17) is 0 Å². The fraction of sp³-hybridized carbons (Fsp3) is 0.571. The molecule has 0 spiro atoms. The van der Waals surface area contributed by atoms with Crippen LogP contribution >= 0.6 is 24.2 Å². The molecule has 0 saturated carbocycles. The fourth-order valence-electron chi connectivity index (χ4n) is 2.67. The van der Waals surface area contributed by atoms with E-state index in [1.807, 2.05) is 25.4 Å². The van der Waals surface area contributed by atoms with E-state index in [9.17, 15) is 8.42 Å². The lowest BCUT2D eigenvalue weighted by molar-refractivity contribution is 0.263. The maximum Gasteiger partial charge on any atom is 0.244 e. The highest BCUT2D eigenvalue weighted by atomic mass is 35.5. The second-order valence-corrected chi connectivity index (χ2v) is 7.83. The van der Waals surface area contributed by atoms with Gasteiger partial charge in [-0.2, -0.15) is 4.31 Å². The average Bonchev–Trinajstić information content (AvgIpc) is 2.48. The summed E-state index contributed by atoms with van der Waals surface area (Å²) in [7, 11) is -1.46. The highest BCUT2D eigenvalue weighted by molar-refractivity contribution is 7.99. The summed E-state index contributed by atoms with van der Waals surface area (Å²) in [5.74, 6) is 0.407. The second-order valence-electron chi connectivity index (χ2n) is 5.08. The molecule has 0 aliphatic carbocycles. The lowest BCUT2D eigenvalue weighted by Crippen LogP contribution is -2.42. The number of benzene rings is 1. The minimum atomic E-state index is -3.37. The van der Waals surface area contributed by atoms with Gasteiger partial charge in [-0.3, -0.25) is 0 Å². The molecule has 1 aliphatic rings. The Balaban J connectivity index is 0.00000220. The molecule has 0 amide bonds. The van der Waals surface area contributed by atoms with Crippen LogP contribution in [0.15, 0.2) is 34.1 Å². The monoisotopic (exact) mass is 350 g/mol. The number of nitrogens with one attached hydrogen (secondary N) is 1. The third-order valence-corrected chi connectivity index (χ3v) is 6.51. The molecule has 21 heavy (non-hydrogen) atoms. The summed E-state index contributed by atoms with van der Waals surface area (Å²) in [5, 5.41) is 3.15. The molecule has 0 radical (unpaired) electrons. The van der Waals surface area contributed by atoms with Crippen molar-refractivity contribution in [3.63, 3.8) is 0 Å². The van der Waals surface area contributed by atoms with Gasteiger partial charge in [0.2, 0.25) is 10.0 Å². The van der Waals surface area contributed by atoms with E-state index in [1.165, 1.54) is 11.8 Å². The molecule has 1 aromatic rings. The number of piperidine rings is 1. The highest BCUT2D eigenvalue weighted by Crippen LogP contribution is 2.29. The van der Waals surface area contributed by atoms with Crippen LogP contribution in [0.1, 0.15) is 12.8 Å². The van der Waals surface area contributed by atoms with Gasteiger partial charge < -0.3 is 5.32 Å². The van der Waals surface area contributed by atoms with Crippen molar-refractivity contribution in [2.45, 2.75) is 22.6 Å². The van der Waals surface area contributed by atoms with Gasteiger partial charge in [-0.1, -0.05) is 12.1 Å². The molecule has 1 unspecified atom stereocenters. The number of rotatable bonds is 5. The van der Waals surface area contributed by atoms with Crippen LogP contribution in [0.5, 0.6) is 0 Å². The van der Waals surface area contributed by atoms with Crippen LogP contribution < -0.4 is 5.32 Å². The van der Waals surface area contributed by atoms with Crippen molar-refractivity contribution in [1.82, 2.24) is 9.62 Å². The predicted molar refractivity (Wildman–Crippen MR) is 90.9 cm³/mol. The van der Waals surface area contributed by atoms with Gasteiger partial charge in [-0.25, -0.2) is 8.42 Å². The van der Waals surface area contributed by atoms with Crippen molar-refractivity contribution in [3.05, 3.63) is 24.3 Å². The van der Waals surface area contributed by atoms with Crippen LogP contribution in [0.4, 0.5) is 0 Å². The van der Waals surface area contributed by atoms with Crippen molar-refractivity contribution < 1.29 is 8.42 Å². The zero-order chi connectivity index (χ0) is 14.6. The van der Waals surface area contributed by atoms with Crippen LogP contribution in [0, 0.1) is 5.92 Å². The zero-order valence-corrected chi connectivity index (χ0v) is 14.9. The molecular weight excluding hydrogens is 328 g/mol. The second kappa shape index (κ2) is 8.39. The van der Waals surface area contributed by atoms with Crippen LogP contribution in [-0.2, 0) is 10.0 Å². The van der Waals surface area contributed by atoms with Crippen LogP contribution in [0.3, 0.4) is 0 Å². The van der Waals surface area contributed by atoms with Crippen molar-refractivity contribution in [2.24, 2.45) is 5.92 Å². The van der Waals surface area contributed by atoms with Gasteiger partial charge in [0.05, 0.1) is 4.90 Å². The Kier molecular flexibility index (Phi) is 7.50. The molecule has 4 nitrogen and oxygen atoms in total. The van der Waals surface area contributed by atoms with Gasteiger partial charge in [0.25, 0.3) is 0 Å². The minimum Gasteiger partial charge on any atom is -0.319 e. The topological polar surface area (TPSA) is 49.4 Å². The molecule has 0 aromatic heterocycles. The Morgan fingerprint density at radius 3 is 2.76 bits per heavy atom. The van der Waals surface area contributed by atoms with Crippen molar-refractivity contribution in [1.29, 1.82) is 0 Å². The molecule has 120 valence electrons. The quantitative estimate of drug-likeness (QED) is 0.829. The number of halogens is 1. The molecule has 1 N–H and O–H groups in total. The smallest absolute Gasteiger partial charge is 0.244 e. The number of sulfonamides is 1. The summed E-state index contributed by atoms with van der Waals surface area (Å²) in [5.41, 5.74) is 0. The van der Waals surface area contributed by atoms with Gasteiger partial charge in [0.1, 0.15) is 0 Å². The van der Waals surface area contributed by atoms with Gasteiger partial charge in [0.15, 0.2) is 0 Å². The van der Waals surface area contributed by atoms with Crippen LogP contribution in [0.25, 0.3) is 0 Å². The largest absolute Gasteiger partial charge is 0.319 e. The number of hydrogen-bond donors (Lipinski definition) is 1. The molecule has 1 heterocycles. The summed E-state index contributed by atoms with van der Waals surface area (Å²) in [6, 6.07) is 7.25. The lowest BCUT2D eigenvalue weighted by Gasteiger charge is -2.32. The molecule has 0 bridgehead atoms. The molecule has 1 aromatic carbocycles. The van der Waals surface area contributed by atoms with Gasteiger partial charge in [0, 0.05) is 18.0 Å². The molecular formula is C14H23ClN2O2S2. The van der Waals surface area contributed by atoms with Gasteiger partial charge >= 0.3 is 0 Å². The van der Waals surface area contributed by atoms with E-state index in [0.29, 0.717) is 23.9 Å². The van der Waals surface area contributed by atoms with E-state index < -0.39 is 10.0 Å². The first-order valence-electron chi connectivity index (χ1n) is 6.87. The summed E-state index contributed by atoms with van der Waals surface area (Å²) < 4.78 is 27.3. The van der Waals surface area contributed by atoms with Crippen LogP contribution in [-0.4, -0.2) is 45.7 Å². The molecule has 1 saturated heterocycles. The van der Waals surface area contributed by atoms with Crippen molar-refractivity contribution in [2.75, 3.05) is 32.9 Å². The average molecular weight is 351 g/mol. The van der Waals surface area contributed by atoms with Crippen LogP contribution in [0.2, 0.25) is 0 Å². The minimum absolute atomic E-state index is 0. The Hall–Kier alpha value is -0.270. The van der Waals surface area contributed by atoms with E-state index in [2.05, 4.69) is 5.32 Å². The summed E-state index contributed by atoms with van der Waals surface area (Å²) in [6.45, 7) is 2.12. The van der Waals surface area contributed by atoms with E-state index in [-0.39, 0.29) is 12.4 Å². The van der Waals surface area contributed by atoms with E-state index in [0.717, 1.165) is 24.3 Å². The Bertz CT molecular complexity index is 550. The maximum absolute atomic E-state index is 12.8. The van der Waals surface area contributed by atoms with Gasteiger partial charge in [-0.05, 0) is 50.7 Å². The maximum atomic E-state index is 12.8. The number of hydrogen-bond acceptors (Lipinski definition) is 4. The van der Waals surface area contributed by atoms with Crippen molar-refractivity contribution >= 4 is 34.2 Å². The summed E-state index contributed by atoms with van der Waals surface area (Å²) >= 11 is 1.48. The fourth-order valence-corrected chi connectivity index (χ4v) is 5.35. The molecule has 1 aliphatic heterocycles. The molecule has 7 heteroatoms. The molecule has 1 atom stereocenters. The zero-order valence-electron chi connectivity index (χ0n) is 12.4. The highest BCUT2D eigenvalue weighted by Gasteiger charge is 2.31. The summed E-state index contributed by atoms with van der Waals surface area (Å²) in [6.07, 6.45) is 3.94. The number of thioether (sulfide) groups is 1. The summed E-state index contributed by atoms with van der Waals surface area (Å²) in [4.78, 5) is 1.26. The third-order valence-electron chi connectivity index (χ3n) is 3.66. The Morgan fingerprint density at radius 2 is 2.10 bits per heavy atom. The first-order chi connectivity index (χ1) is 9.59. The first kappa shape index (κ1) is 18.8. The van der Waals surface area contributed by atoms with E-state index in [1.54, 1.807) is 16.4 Å². The number of nitrogens with zero attached hydrogens (tertiary/aromatic N) is 1. The standard InChI is InChI=1S/C14H22N2O2S2.ClH/c1-15-10-12-6-5-9-16(11-12)20(17,18)14-8-4-3-7-13(14)19-2;/h3-4,7-8,12,15H,5-6,9-11H2,1-2H3;1H. The lowest BCUT2D eigenvalue weighted by atomic mass is 10.00. The Morgan fingerprint density at radius 1 is 1.38 bits per heavy atom. The predicted octanol–water partition coefficient (Wildman–Crippen LogP) is 2.45. The normalized spacial score (nSPS) is 20.0. The van der Waals surface area contributed by atoms with Gasteiger partial charge in [-0.15, -0.1) is 24.2 Å². The van der Waals surface area contributed by atoms with E-state index >= 15 is 0 Å². The third kappa shape index (κ3) is 4.36. The molecule has 1 fully saturated rings. The first-order valence-corrected chi connectivity index (χ1v) is 9.54. The van der Waals surface area contributed by atoms with Crippen molar-refractivity contribution in [3.8, 4) is 0 Å². The SMILES string of the molecule is CNCC1CCCN(S(=O)(=O)c2ccccc2SC)C1.Cl. The Labute approximate surface area is 138 Å².